The van der Waals surface area contributed by atoms with Crippen molar-refractivity contribution in [2.45, 2.75) is 32.1 Å². The summed E-state index contributed by atoms with van der Waals surface area (Å²) in [5.74, 6) is 6.98. The van der Waals surface area contributed by atoms with Crippen LogP contribution in [0.4, 0.5) is 5.69 Å². The van der Waals surface area contributed by atoms with Crippen molar-refractivity contribution in [2.24, 2.45) is 11.7 Å². The number of hydrogen-bond donors (Lipinski definition) is 2. The van der Waals surface area contributed by atoms with Crippen LogP contribution >= 0.6 is 0 Å². The van der Waals surface area contributed by atoms with E-state index in [1.807, 2.05) is 18.2 Å². The summed E-state index contributed by atoms with van der Waals surface area (Å²) in [6.07, 6.45) is 5.39. The molecular weight excluding hydrogens is 264 g/mol. The van der Waals surface area contributed by atoms with Gasteiger partial charge in [0, 0.05) is 12.0 Å². The molecule has 4 heteroatoms. The third-order valence-corrected chi connectivity index (χ3v) is 3.76. The second-order valence-corrected chi connectivity index (χ2v) is 5.32. The molecule has 1 aliphatic carbocycles. The van der Waals surface area contributed by atoms with Crippen LogP contribution in [0, 0.1) is 17.8 Å². The number of nitrogens with one attached hydrogen (secondary N) is 1. The number of amides is 1. The molecule has 0 radical (unpaired) electrons. The van der Waals surface area contributed by atoms with Crippen molar-refractivity contribution in [1.29, 1.82) is 0 Å². The second kappa shape index (κ2) is 7.70. The van der Waals surface area contributed by atoms with Gasteiger partial charge in [-0.15, -0.1) is 0 Å². The van der Waals surface area contributed by atoms with Gasteiger partial charge in [0.1, 0.15) is 5.75 Å². The van der Waals surface area contributed by atoms with Crippen molar-refractivity contribution in [3.8, 4) is 17.6 Å². The van der Waals surface area contributed by atoms with Gasteiger partial charge in [-0.3, -0.25) is 4.79 Å². The van der Waals surface area contributed by atoms with Crippen LogP contribution in [0.5, 0.6) is 5.75 Å². The maximum absolute atomic E-state index is 12.1. The number of anilines is 1. The number of rotatable bonds is 4. The van der Waals surface area contributed by atoms with Gasteiger partial charge < -0.3 is 15.8 Å². The molecule has 21 heavy (non-hydrogen) atoms. The predicted octanol–water partition coefficient (Wildman–Crippen LogP) is 2.52. The number of nitrogens with two attached hydrogens (primary N) is 1. The van der Waals surface area contributed by atoms with Crippen LogP contribution in [0.3, 0.4) is 0 Å². The van der Waals surface area contributed by atoms with Crippen LogP contribution in [0.25, 0.3) is 0 Å². The summed E-state index contributed by atoms with van der Waals surface area (Å²) in [4.78, 5) is 12.1. The molecule has 0 heterocycles. The molecule has 1 aromatic rings. The molecule has 1 aliphatic rings. The molecule has 1 aromatic carbocycles. The van der Waals surface area contributed by atoms with E-state index in [0.29, 0.717) is 30.3 Å². The first-order valence-electron chi connectivity index (χ1n) is 7.39. The lowest BCUT2D eigenvalue weighted by molar-refractivity contribution is -0.117. The van der Waals surface area contributed by atoms with Gasteiger partial charge in [0.15, 0.2) is 0 Å². The summed E-state index contributed by atoms with van der Waals surface area (Å²) in [6.45, 7) is 0.315. The average Bonchev–Trinajstić information content (AvgIpc) is 2.98. The summed E-state index contributed by atoms with van der Waals surface area (Å²) in [7, 11) is 1.59. The molecule has 0 spiro atoms. The Morgan fingerprint density at radius 1 is 1.43 bits per heavy atom. The van der Waals surface area contributed by atoms with Gasteiger partial charge in [-0.05, 0) is 37.0 Å². The molecule has 1 amide bonds. The Balaban J connectivity index is 2.07. The Hall–Kier alpha value is -1.99. The van der Waals surface area contributed by atoms with Gasteiger partial charge in [0.05, 0.1) is 19.3 Å². The van der Waals surface area contributed by atoms with Crippen molar-refractivity contribution in [1.82, 2.24) is 0 Å². The minimum atomic E-state index is 0.0455. The van der Waals surface area contributed by atoms with Crippen molar-refractivity contribution >= 4 is 11.6 Å². The Bertz CT molecular complexity index is 552. The molecule has 1 saturated carbocycles. The molecule has 1 fully saturated rings. The minimum absolute atomic E-state index is 0.0455. The van der Waals surface area contributed by atoms with E-state index >= 15 is 0 Å². The fraction of sp³-hybridized carbons (Fsp3) is 0.471. The van der Waals surface area contributed by atoms with Gasteiger partial charge in [-0.25, -0.2) is 0 Å². The lowest BCUT2D eigenvalue weighted by Crippen LogP contribution is -2.15. The molecule has 0 aromatic heterocycles. The number of carbonyl (C=O) groups is 1. The van der Waals surface area contributed by atoms with Crippen molar-refractivity contribution in [3.05, 3.63) is 23.8 Å². The van der Waals surface area contributed by atoms with Crippen molar-refractivity contribution in [2.75, 3.05) is 19.0 Å². The Labute approximate surface area is 126 Å². The van der Waals surface area contributed by atoms with Crippen LogP contribution in [0.15, 0.2) is 18.2 Å². The topological polar surface area (TPSA) is 64.3 Å². The average molecular weight is 286 g/mol. The number of hydrogen-bond acceptors (Lipinski definition) is 3. The highest BCUT2D eigenvalue weighted by Crippen LogP contribution is 2.29. The summed E-state index contributed by atoms with van der Waals surface area (Å²) in [5, 5.41) is 2.94. The highest BCUT2D eigenvalue weighted by molar-refractivity contribution is 5.92. The zero-order chi connectivity index (χ0) is 15.1. The van der Waals surface area contributed by atoms with Gasteiger partial charge in [0.25, 0.3) is 0 Å². The van der Waals surface area contributed by atoms with Crippen molar-refractivity contribution in [3.63, 3.8) is 0 Å². The van der Waals surface area contributed by atoms with E-state index < -0.39 is 0 Å². The molecule has 0 saturated heterocycles. The van der Waals surface area contributed by atoms with Crippen LogP contribution in [-0.2, 0) is 4.79 Å². The molecule has 0 aliphatic heterocycles. The molecule has 2 rings (SSSR count). The lowest BCUT2D eigenvalue weighted by atomic mass is 10.0. The van der Waals surface area contributed by atoms with E-state index in [2.05, 4.69) is 17.2 Å². The Morgan fingerprint density at radius 3 is 2.86 bits per heavy atom. The Kier molecular flexibility index (Phi) is 5.65. The molecule has 0 bridgehead atoms. The van der Waals surface area contributed by atoms with Crippen LogP contribution in [0.1, 0.15) is 37.7 Å². The third kappa shape index (κ3) is 4.51. The van der Waals surface area contributed by atoms with E-state index in [-0.39, 0.29) is 5.91 Å². The highest BCUT2D eigenvalue weighted by atomic mass is 16.5. The lowest BCUT2D eigenvalue weighted by Gasteiger charge is -2.12. The molecule has 0 unspecified atom stereocenters. The van der Waals surface area contributed by atoms with E-state index in [1.165, 1.54) is 12.8 Å². The van der Waals surface area contributed by atoms with Crippen LogP contribution in [-0.4, -0.2) is 19.6 Å². The number of ether oxygens (including phenoxy) is 1. The van der Waals surface area contributed by atoms with Gasteiger partial charge in [-0.1, -0.05) is 24.7 Å². The SMILES string of the molecule is COc1ccc(C#CCN)cc1NC(=O)CC1CCCC1. The van der Waals surface area contributed by atoms with E-state index in [9.17, 15) is 4.79 Å². The van der Waals surface area contributed by atoms with E-state index in [0.717, 1.165) is 18.4 Å². The van der Waals surface area contributed by atoms with Crippen LogP contribution in [0.2, 0.25) is 0 Å². The second-order valence-electron chi connectivity index (χ2n) is 5.32. The summed E-state index contributed by atoms with van der Waals surface area (Å²) in [5.41, 5.74) is 6.86. The maximum atomic E-state index is 12.1. The number of methoxy groups -OCH3 is 1. The van der Waals surface area contributed by atoms with Gasteiger partial charge >= 0.3 is 0 Å². The summed E-state index contributed by atoms with van der Waals surface area (Å²) < 4.78 is 5.29. The number of carbonyl (C=O) groups excluding carboxylic acids is 1. The van der Waals surface area contributed by atoms with Gasteiger partial charge in [-0.2, -0.15) is 0 Å². The molecular formula is C17H22N2O2. The van der Waals surface area contributed by atoms with E-state index in [4.69, 9.17) is 10.5 Å². The molecule has 3 N–H and O–H groups in total. The third-order valence-electron chi connectivity index (χ3n) is 3.76. The first kappa shape index (κ1) is 15.4. The Morgan fingerprint density at radius 2 is 2.19 bits per heavy atom. The molecule has 4 nitrogen and oxygen atoms in total. The predicted molar refractivity (Wildman–Crippen MR) is 84.1 cm³/mol. The van der Waals surface area contributed by atoms with Gasteiger partial charge in [0.2, 0.25) is 5.91 Å². The quantitative estimate of drug-likeness (QED) is 0.836. The zero-order valence-corrected chi connectivity index (χ0v) is 12.4. The van der Waals surface area contributed by atoms with Crippen LogP contribution < -0.4 is 15.8 Å². The normalized spacial score (nSPS) is 14.4. The maximum Gasteiger partial charge on any atom is 0.224 e. The zero-order valence-electron chi connectivity index (χ0n) is 12.4. The molecule has 112 valence electrons. The minimum Gasteiger partial charge on any atom is -0.495 e. The largest absolute Gasteiger partial charge is 0.495 e. The monoisotopic (exact) mass is 286 g/mol. The summed E-state index contributed by atoms with van der Waals surface area (Å²) >= 11 is 0. The first-order valence-corrected chi connectivity index (χ1v) is 7.39. The highest BCUT2D eigenvalue weighted by Gasteiger charge is 2.19. The number of benzene rings is 1. The summed E-state index contributed by atoms with van der Waals surface area (Å²) in [6, 6.07) is 5.49. The smallest absolute Gasteiger partial charge is 0.224 e. The fourth-order valence-corrected chi connectivity index (χ4v) is 2.71. The fourth-order valence-electron chi connectivity index (χ4n) is 2.71. The van der Waals surface area contributed by atoms with E-state index in [1.54, 1.807) is 7.11 Å². The standard InChI is InChI=1S/C17H22N2O2/c1-21-16-9-8-14(7-4-10-18)11-15(16)19-17(20)12-13-5-2-3-6-13/h8-9,11,13H,2-3,5-6,10,12,18H2,1H3,(H,19,20). The first-order chi connectivity index (χ1) is 10.2. The van der Waals surface area contributed by atoms with Crippen molar-refractivity contribution < 1.29 is 9.53 Å². The molecule has 0 atom stereocenters.